The zero-order chi connectivity index (χ0) is 17.3. The van der Waals surface area contributed by atoms with E-state index in [4.69, 9.17) is 21.5 Å². The first-order valence-corrected chi connectivity index (χ1v) is 9.48. The Morgan fingerprint density at radius 1 is 1.25 bits per heavy atom. The minimum atomic E-state index is -3.80. The molecular formula is C17H19ClN2O3S. The molecule has 0 bridgehead atoms. The van der Waals surface area contributed by atoms with Crippen LogP contribution in [0.15, 0.2) is 41.3 Å². The SMILES string of the molecule is COc1cc2c(cc1S(N)(=O)=O)CCN(Cc1cccc(Cl)c1)C2. The Morgan fingerprint density at radius 2 is 2.04 bits per heavy atom. The lowest BCUT2D eigenvalue weighted by Crippen LogP contribution is -2.30. The monoisotopic (exact) mass is 366 g/mol. The highest BCUT2D eigenvalue weighted by atomic mass is 35.5. The quantitative estimate of drug-likeness (QED) is 0.902. The Balaban J connectivity index is 1.85. The van der Waals surface area contributed by atoms with Gasteiger partial charge in [0.1, 0.15) is 10.6 Å². The molecule has 0 aliphatic carbocycles. The second kappa shape index (κ2) is 6.72. The van der Waals surface area contributed by atoms with Crippen LogP contribution >= 0.6 is 11.6 Å². The van der Waals surface area contributed by atoms with Crippen molar-refractivity contribution in [3.63, 3.8) is 0 Å². The van der Waals surface area contributed by atoms with Crippen LogP contribution in [0.2, 0.25) is 5.02 Å². The van der Waals surface area contributed by atoms with Crippen LogP contribution in [0, 0.1) is 0 Å². The normalized spacial score (nSPS) is 15.1. The molecule has 0 fully saturated rings. The summed E-state index contributed by atoms with van der Waals surface area (Å²) < 4.78 is 28.6. The third kappa shape index (κ3) is 3.72. The van der Waals surface area contributed by atoms with Crippen molar-refractivity contribution in [3.05, 3.63) is 58.1 Å². The molecule has 2 N–H and O–H groups in total. The molecular weight excluding hydrogens is 348 g/mol. The summed E-state index contributed by atoms with van der Waals surface area (Å²) in [4.78, 5) is 2.34. The highest BCUT2D eigenvalue weighted by molar-refractivity contribution is 7.89. The van der Waals surface area contributed by atoms with Crippen LogP contribution in [0.5, 0.6) is 5.75 Å². The van der Waals surface area contributed by atoms with Crippen molar-refractivity contribution < 1.29 is 13.2 Å². The molecule has 0 unspecified atom stereocenters. The maximum Gasteiger partial charge on any atom is 0.241 e. The number of fused-ring (bicyclic) bond motifs is 1. The van der Waals surface area contributed by atoms with Gasteiger partial charge in [-0.25, -0.2) is 13.6 Å². The summed E-state index contributed by atoms with van der Waals surface area (Å²) in [5.74, 6) is 0.292. The number of ether oxygens (including phenoxy) is 1. The van der Waals surface area contributed by atoms with Crippen LogP contribution in [-0.2, 0) is 29.5 Å². The molecule has 3 rings (SSSR count). The fourth-order valence-electron chi connectivity index (χ4n) is 3.03. The second-order valence-electron chi connectivity index (χ2n) is 5.91. The molecule has 0 saturated carbocycles. The third-order valence-electron chi connectivity index (χ3n) is 4.18. The molecule has 7 heteroatoms. The van der Waals surface area contributed by atoms with Crippen molar-refractivity contribution in [1.82, 2.24) is 4.90 Å². The van der Waals surface area contributed by atoms with Gasteiger partial charge in [0.25, 0.3) is 0 Å². The van der Waals surface area contributed by atoms with E-state index in [2.05, 4.69) is 4.90 Å². The molecule has 1 aliphatic rings. The number of hydrogen-bond acceptors (Lipinski definition) is 4. The van der Waals surface area contributed by atoms with E-state index in [-0.39, 0.29) is 4.90 Å². The summed E-state index contributed by atoms with van der Waals surface area (Å²) in [6.07, 6.45) is 0.766. The number of nitrogens with zero attached hydrogens (tertiary/aromatic N) is 1. The largest absolute Gasteiger partial charge is 0.495 e. The number of hydrogen-bond donors (Lipinski definition) is 1. The summed E-state index contributed by atoms with van der Waals surface area (Å²) in [7, 11) is -2.35. The van der Waals surface area contributed by atoms with Crippen LogP contribution in [0.25, 0.3) is 0 Å². The number of sulfonamides is 1. The number of rotatable bonds is 4. The number of benzene rings is 2. The standard InChI is InChI=1S/C17H19ClN2O3S/c1-23-16-8-14-11-20(10-12-3-2-4-15(18)7-12)6-5-13(14)9-17(16)24(19,21)22/h2-4,7-9H,5-6,10-11H2,1H3,(H2,19,21,22). The maximum absolute atomic E-state index is 11.7. The third-order valence-corrected chi connectivity index (χ3v) is 5.35. The molecule has 2 aromatic carbocycles. The van der Waals surface area contributed by atoms with Gasteiger partial charge >= 0.3 is 0 Å². The summed E-state index contributed by atoms with van der Waals surface area (Å²) in [6, 6.07) is 11.2. The van der Waals surface area contributed by atoms with Crippen molar-refractivity contribution in [2.24, 2.45) is 5.14 Å². The van der Waals surface area contributed by atoms with Gasteiger partial charge in [-0.15, -0.1) is 0 Å². The van der Waals surface area contributed by atoms with Gasteiger partial charge < -0.3 is 4.74 Å². The zero-order valence-corrected chi connectivity index (χ0v) is 14.9. The van der Waals surface area contributed by atoms with Crippen molar-refractivity contribution in [2.45, 2.75) is 24.4 Å². The zero-order valence-electron chi connectivity index (χ0n) is 13.3. The van der Waals surface area contributed by atoms with Gasteiger partial charge in [0, 0.05) is 24.7 Å². The molecule has 1 heterocycles. The van der Waals surface area contributed by atoms with Crippen molar-refractivity contribution in [2.75, 3.05) is 13.7 Å². The molecule has 1 aliphatic heterocycles. The molecule has 0 radical (unpaired) electrons. The predicted octanol–water partition coefficient (Wildman–Crippen LogP) is 2.55. The molecule has 5 nitrogen and oxygen atoms in total. The smallest absolute Gasteiger partial charge is 0.241 e. The highest BCUT2D eigenvalue weighted by Crippen LogP contribution is 2.30. The Bertz CT molecular complexity index is 868. The van der Waals surface area contributed by atoms with Gasteiger partial charge in [0.2, 0.25) is 10.0 Å². The van der Waals surface area contributed by atoms with Gasteiger partial charge in [0.15, 0.2) is 0 Å². The number of nitrogens with two attached hydrogens (primary N) is 1. The Hall–Kier alpha value is -1.60. The van der Waals surface area contributed by atoms with Crippen LogP contribution in [0.4, 0.5) is 0 Å². The molecule has 0 spiro atoms. The fraction of sp³-hybridized carbons (Fsp3) is 0.294. The summed E-state index contributed by atoms with van der Waals surface area (Å²) in [5, 5.41) is 6.01. The van der Waals surface area contributed by atoms with Crippen LogP contribution in [0.1, 0.15) is 16.7 Å². The van der Waals surface area contributed by atoms with Crippen molar-refractivity contribution in [3.8, 4) is 5.75 Å². The van der Waals surface area contributed by atoms with Gasteiger partial charge in [0.05, 0.1) is 7.11 Å². The fourth-order valence-corrected chi connectivity index (χ4v) is 3.98. The van der Waals surface area contributed by atoms with Crippen molar-refractivity contribution >= 4 is 21.6 Å². The van der Waals surface area contributed by atoms with E-state index >= 15 is 0 Å². The molecule has 2 aromatic rings. The molecule has 0 atom stereocenters. The van der Waals surface area contributed by atoms with E-state index in [0.717, 1.165) is 47.8 Å². The van der Waals surface area contributed by atoms with E-state index < -0.39 is 10.0 Å². The van der Waals surface area contributed by atoms with Gasteiger partial charge in [-0.2, -0.15) is 0 Å². The Labute approximate surface area is 147 Å². The first-order valence-electron chi connectivity index (χ1n) is 7.56. The topological polar surface area (TPSA) is 72.6 Å². The average Bonchev–Trinajstić information content (AvgIpc) is 2.52. The van der Waals surface area contributed by atoms with E-state index in [9.17, 15) is 8.42 Å². The summed E-state index contributed by atoms with van der Waals surface area (Å²) in [5.41, 5.74) is 3.22. The Morgan fingerprint density at radius 3 is 2.71 bits per heavy atom. The first-order chi connectivity index (χ1) is 11.4. The maximum atomic E-state index is 11.7. The molecule has 0 aromatic heterocycles. The van der Waals surface area contributed by atoms with E-state index in [0.29, 0.717) is 5.75 Å². The summed E-state index contributed by atoms with van der Waals surface area (Å²) >= 11 is 6.04. The minimum absolute atomic E-state index is 0.0482. The first kappa shape index (κ1) is 17.2. The van der Waals surface area contributed by atoms with Gasteiger partial charge in [-0.3, -0.25) is 4.90 Å². The summed E-state index contributed by atoms with van der Waals surface area (Å²) in [6.45, 7) is 2.36. The molecule has 128 valence electrons. The Kier molecular flexibility index (Phi) is 4.83. The van der Waals surface area contributed by atoms with Gasteiger partial charge in [-0.1, -0.05) is 23.7 Å². The molecule has 0 saturated heterocycles. The number of methoxy groups -OCH3 is 1. The lowest BCUT2D eigenvalue weighted by atomic mass is 9.99. The lowest BCUT2D eigenvalue weighted by molar-refractivity contribution is 0.244. The lowest BCUT2D eigenvalue weighted by Gasteiger charge is -2.29. The predicted molar refractivity (Wildman–Crippen MR) is 93.6 cm³/mol. The average molecular weight is 367 g/mol. The van der Waals surface area contributed by atoms with E-state index in [1.165, 1.54) is 7.11 Å². The minimum Gasteiger partial charge on any atom is -0.495 e. The second-order valence-corrected chi connectivity index (χ2v) is 7.87. The van der Waals surface area contributed by atoms with Crippen LogP contribution in [0.3, 0.4) is 0 Å². The number of primary sulfonamides is 1. The van der Waals surface area contributed by atoms with Crippen LogP contribution in [-0.4, -0.2) is 27.0 Å². The number of halogens is 1. The van der Waals surface area contributed by atoms with Gasteiger partial charge in [-0.05, 0) is 47.4 Å². The molecule has 0 amide bonds. The molecule has 24 heavy (non-hydrogen) atoms. The van der Waals surface area contributed by atoms with E-state index in [1.807, 2.05) is 24.3 Å². The highest BCUT2D eigenvalue weighted by Gasteiger charge is 2.23. The van der Waals surface area contributed by atoms with Crippen molar-refractivity contribution in [1.29, 1.82) is 0 Å². The van der Waals surface area contributed by atoms with Crippen LogP contribution < -0.4 is 9.88 Å². The van der Waals surface area contributed by atoms with E-state index in [1.54, 1.807) is 12.1 Å².